The predicted molar refractivity (Wildman–Crippen MR) is 77.8 cm³/mol. The number of phenolic OH excluding ortho intramolecular Hbond substituents is 1. The Bertz CT molecular complexity index is 580. The van der Waals surface area contributed by atoms with Crippen molar-refractivity contribution >= 4 is 0 Å². The molecule has 4 rings (SSSR count). The third kappa shape index (κ3) is 1.54. The van der Waals surface area contributed by atoms with Crippen molar-refractivity contribution in [2.75, 3.05) is 20.2 Å². The number of hydrogen-bond donors (Lipinski definition) is 1. The maximum absolute atomic E-state index is 9.95. The van der Waals surface area contributed by atoms with E-state index >= 15 is 0 Å². The van der Waals surface area contributed by atoms with Gasteiger partial charge < -0.3 is 9.84 Å². The van der Waals surface area contributed by atoms with E-state index in [4.69, 9.17) is 4.74 Å². The summed E-state index contributed by atoms with van der Waals surface area (Å²) in [6.45, 7) is 2.25. The molecular formula is C17H21NO2. The molecule has 3 nitrogen and oxygen atoms in total. The third-order valence-corrected chi connectivity index (χ3v) is 5.40. The fraction of sp³-hybridized carbons (Fsp3) is 0.529. The lowest BCUT2D eigenvalue weighted by Gasteiger charge is -2.48. The topological polar surface area (TPSA) is 32.7 Å². The monoisotopic (exact) mass is 271 g/mol. The summed E-state index contributed by atoms with van der Waals surface area (Å²) in [5, 5.41) is 9.95. The Morgan fingerprint density at radius 3 is 3.00 bits per heavy atom. The van der Waals surface area contributed by atoms with Crippen LogP contribution in [0.5, 0.6) is 5.75 Å². The number of phenols is 1. The molecule has 1 aromatic rings. The molecule has 0 bridgehead atoms. The lowest BCUT2D eigenvalue weighted by Crippen LogP contribution is -2.50. The van der Waals surface area contributed by atoms with E-state index in [-0.39, 0.29) is 11.6 Å². The predicted octanol–water partition coefficient (Wildman–Crippen LogP) is 2.58. The van der Waals surface area contributed by atoms with Gasteiger partial charge in [-0.15, -0.1) is 0 Å². The summed E-state index contributed by atoms with van der Waals surface area (Å²) in [5.74, 6) is 0.380. The van der Waals surface area contributed by atoms with Crippen LogP contribution >= 0.6 is 0 Å². The van der Waals surface area contributed by atoms with E-state index < -0.39 is 0 Å². The van der Waals surface area contributed by atoms with Crippen LogP contribution in [-0.4, -0.2) is 36.3 Å². The number of hydrogen-bond acceptors (Lipinski definition) is 3. The number of nitrogens with zero attached hydrogens (tertiary/aromatic N) is 1. The normalized spacial score (nSPS) is 32.2. The molecule has 106 valence electrons. The molecule has 20 heavy (non-hydrogen) atoms. The van der Waals surface area contributed by atoms with E-state index in [1.54, 1.807) is 0 Å². The molecule has 2 heterocycles. The zero-order valence-electron chi connectivity index (χ0n) is 11.9. The first-order valence-electron chi connectivity index (χ1n) is 7.54. The van der Waals surface area contributed by atoms with E-state index in [2.05, 4.69) is 17.0 Å². The van der Waals surface area contributed by atoms with Gasteiger partial charge in [-0.3, -0.25) is 4.90 Å². The second-order valence-electron chi connectivity index (χ2n) is 6.22. The molecule has 1 aromatic carbocycles. The molecule has 1 saturated heterocycles. The Morgan fingerprint density at radius 2 is 2.15 bits per heavy atom. The fourth-order valence-corrected chi connectivity index (χ4v) is 4.43. The van der Waals surface area contributed by atoms with Gasteiger partial charge in [-0.2, -0.15) is 0 Å². The average molecular weight is 271 g/mol. The molecule has 0 radical (unpaired) electrons. The minimum Gasteiger partial charge on any atom is -0.508 e. The van der Waals surface area contributed by atoms with Crippen molar-refractivity contribution in [3.63, 3.8) is 0 Å². The summed E-state index contributed by atoms with van der Waals surface area (Å²) in [6.07, 6.45) is 6.96. The summed E-state index contributed by atoms with van der Waals surface area (Å²) in [5.41, 5.74) is 4.24. The summed E-state index contributed by atoms with van der Waals surface area (Å²) in [6, 6.07) is 5.90. The van der Waals surface area contributed by atoms with Crippen LogP contribution in [-0.2, 0) is 16.7 Å². The van der Waals surface area contributed by atoms with Gasteiger partial charge in [-0.1, -0.05) is 12.1 Å². The van der Waals surface area contributed by atoms with Crippen molar-refractivity contribution in [3.05, 3.63) is 41.0 Å². The molecule has 3 aliphatic rings. The van der Waals surface area contributed by atoms with Crippen molar-refractivity contribution in [3.8, 4) is 5.75 Å². The number of benzene rings is 1. The first-order valence-corrected chi connectivity index (χ1v) is 7.54. The molecule has 2 aliphatic heterocycles. The largest absolute Gasteiger partial charge is 0.508 e. The second kappa shape index (κ2) is 4.34. The standard InChI is InChI=1S/C17H21NO2/c1-20-15-5-3-13-7-9-18-8-6-12-2-4-14(19)10-16(12)17(13,18)11-15/h2-4,10,15,19H,5-9,11H2,1H3. The molecule has 0 saturated carbocycles. The zero-order chi connectivity index (χ0) is 13.7. The Labute approximate surface area is 119 Å². The van der Waals surface area contributed by atoms with Crippen LogP contribution in [0, 0.1) is 0 Å². The van der Waals surface area contributed by atoms with E-state index in [1.807, 2.05) is 19.2 Å². The van der Waals surface area contributed by atoms with E-state index in [0.717, 1.165) is 38.8 Å². The Balaban J connectivity index is 1.91. The van der Waals surface area contributed by atoms with Crippen molar-refractivity contribution in [1.29, 1.82) is 0 Å². The van der Waals surface area contributed by atoms with E-state index in [1.165, 1.54) is 16.7 Å². The van der Waals surface area contributed by atoms with Crippen LogP contribution in [0.2, 0.25) is 0 Å². The molecule has 1 fully saturated rings. The minimum absolute atomic E-state index is 0.00868. The van der Waals surface area contributed by atoms with Crippen LogP contribution in [0.25, 0.3) is 0 Å². The van der Waals surface area contributed by atoms with Gasteiger partial charge in [0, 0.05) is 26.6 Å². The number of methoxy groups -OCH3 is 1. The van der Waals surface area contributed by atoms with Crippen molar-refractivity contribution in [2.24, 2.45) is 0 Å². The average Bonchev–Trinajstić information content (AvgIpc) is 2.86. The lowest BCUT2D eigenvalue weighted by molar-refractivity contribution is 0.0290. The molecule has 1 N–H and O–H groups in total. The van der Waals surface area contributed by atoms with Crippen LogP contribution in [0.15, 0.2) is 29.8 Å². The molecule has 1 aliphatic carbocycles. The van der Waals surface area contributed by atoms with Gasteiger partial charge >= 0.3 is 0 Å². The van der Waals surface area contributed by atoms with E-state index in [0.29, 0.717) is 5.75 Å². The van der Waals surface area contributed by atoms with E-state index in [9.17, 15) is 5.11 Å². The first-order chi connectivity index (χ1) is 9.74. The molecule has 2 atom stereocenters. The molecule has 1 spiro atoms. The molecule has 0 aromatic heterocycles. The quantitative estimate of drug-likeness (QED) is 0.797. The van der Waals surface area contributed by atoms with Crippen molar-refractivity contribution in [2.45, 2.75) is 37.3 Å². The Hall–Kier alpha value is -1.32. The van der Waals surface area contributed by atoms with Gasteiger partial charge in [0.1, 0.15) is 5.75 Å². The second-order valence-corrected chi connectivity index (χ2v) is 6.22. The summed E-state index contributed by atoms with van der Waals surface area (Å²) < 4.78 is 5.65. The minimum atomic E-state index is -0.00868. The molecule has 2 unspecified atom stereocenters. The highest BCUT2D eigenvalue weighted by molar-refractivity contribution is 5.49. The fourth-order valence-electron chi connectivity index (χ4n) is 4.43. The SMILES string of the molecule is COC1CC=C2CCN3CCc4ccc(O)cc4C23C1. The van der Waals surface area contributed by atoms with Crippen LogP contribution < -0.4 is 0 Å². The Kier molecular flexibility index (Phi) is 2.69. The van der Waals surface area contributed by atoms with Gasteiger partial charge in [-0.05, 0) is 48.1 Å². The number of rotatable bonds is 1. The number of aromatic hydroxyl groups is 1. The maximum Gasteiger partial charge on any atom is 0.115 e. The van der Waals surface area contributed by atoms with Crippen LogP contribution in [0.4, 0.5) is 0 Å². The van der Waals surface area contributed by atoms with Gasteiger partial charge in [0.2, 0.25) is 0 Å². The van der Waals surface area contributed by atoms with Gasteiger partial charge in [0.15, 0.2) is 0 Å². The van der Waals surface area contributed by atoms with Crippen LogP contribution in [0.3, 0.4) is 0 Å². The molecular weight excluding hydrogens is 250 g/mol. The van der Waals surface area contributed by atoms with Crippen molar-refractivity contribution in [1.82, 2.24) is 4.90 Å². The first kappa shape index (κ1) is 12.4. The zero-order valence-corrected chi connectivity index (χ0v) is 11.9. The van der Waals surface area contributed by atoms with Gasteiger partial charge in [0.25, 0.3) is 0 Å². The summed E-state index contributed by atoms with van der Waals surface area (Å²) in [7, 11) is 1.81. The lowest BCUT2D eigenvalue weighted by atomic mass is 9.71. The molecule has 0 amide bonds. The summed E-state index contributed by atoms with van der Waals surface area (Å²) >= 11 is 0. The van der Waals surface area contributed by atoms with Crippen molar-refractivity contribution < 1.29 is 9.84 Å². The Morgan fingerprint density at radius 1 is 1.30 bits per heavy atom. The number of ether oxygens (including phenoxy) is 1. The highest BCUT2D eigenvalue weighted by Crippen LogP contribution is 2.53. The smallest absolute Gasteiger partial charge is 0.115 e. The van der Waals surface area contributed by atoms with Gasteiger partial charge in [0.05, 0.1) is 11.6 Å². The highest BCUT2D eigenvalue weighted by Gasteiger charge is 2.51. The van der Waals surface area contributed by atoms with Gasteiger partial charge in [-0.25, -0.2) is 0 Å². The van der Waals surface area contributed by atoms with Crippen LogP contribution in [0.1, 0.15) is 30.4 Å². The highest BCUT2D eigenvalue weighted by atomic mass is 16.5. The maximum atomic E-state index is 9.95. The third-order valence-electron chi connectivity index (χ3n) is 5.40. The molecule has 3 heteroatoms. The summed E-state index contributed by atoms with van der Waals surface area (Å²) in [4.78, 5) is 2.60. The number of fused-ring (bicyclic) bond motifs is 1.